The molecule has 12 heteroatoms. The van der Waals surface area contributed by atoms with Gasteiger partial charge in [0.1, 0.15) is 11.6 Å². The third-order valence-electron chi connectivity index (χ3n) is 13.9. The third-order valence-corrected chi connectivity index (χ3v) is 13.9. The topological polar surface area (TPSA) is 122 Å². The van der Waals surface area contributed by atoms with E-state index in [-0.39, 0.29) is 76.3 Å². The van der Waals surface area contributed by atoms with Crippen LogP contribution < -0.4 is 0 Å². The number of amides is 2. The molecule has 0 spiro atoms. The summed E-state index contributed by atoms with van der Waals surface area (Å²) in [4.78, 5) is 90.5. The first-order valence-electron chi connectivity index (χ1n) is 26.3. The molecule has 4 unspecified atom stereocenters. The van der Waals surface area contributed by atoms with E-state index in [2.05, 4.69) is 19.6 Å². The van der Waals surface area contributed by atoms with Gasteiger partial charge >= 0.3 is 11.8 Å². The summed E-state index contributed by atoms with van der Waals surface area (Å²) in [6.45, 7) is 3.66. The predicted octanol–water partition coefficient (Wildman–Crippen LogP) is 9.22. The fraction of sp³-hybridized carbons (Fsp3) is 0.415. The van der Waals surface area contributed by atoms with E-state index in [9.17, 15) is 28.8 Å². The van der Waals surface area contributed by atoms with Crippen molar-refractivity contribution in [2.24, 2.45) is 23.7 Å². The summed E-state index contributed by atoms with van der Waals surface area (Å²) in [5, 5.41) is 0. The number of rotatable bonds is 12. The van der Waals surface area contributed by atoms with Crippen molar-refractivity contribution in [3.8, 4) is 0 Å². The molecule has 2 aliphatic heterocycles. The fourth-order valence-electron chi connectivity index (χ4n) is 10.4. The van der Waals surface area contributed by atoms with Gasteiger partial charge in [0.05, 0.1) is 26.2 Å². The van der Waals surface area contributed by atoms with Crippen molar-refractivity contribution in [1.29, 1.82) is 0 Å². The van der Waals surface area contributed by atoms with Crippen molar-refractivity contribution in [3.63, 3.8) is 0 Å². The van der Waals surface area contributed by atoms with Crippen molar-refractivity contribution in [1.82, 2.24) is 29.4 Å². The molecule has 12 nitrogen and oxygen atoms in total. The number of carbonyl (C=O) groups excluding carboxylic acids is 6. The standard InChI is InChI=1S/C40H32N2O4.C12H24N2O.C11H22N2O.2CH4/c43-37-33(21-29-13-5-1-6-14-29)25-41(26-34(37)22-30-15-7-2-8-16-30)39(45)40(46)42-27-35(23-31-17-9-3-10-18-31)38(44)36(28-42)24-32-19-11-4-12-20-32;1-13(2)8-10-6-5-7-11(12(10)15)9-14(3)4;1-12(2)7-9-5-6-10(11(9)14)8-13(3)4;;/h1-24H,25-28H2;10-11H,5-9H2,1-4H3;9-10H,5-8H2,1-4H3;2*1H4/b33-21+,34-22+,35-23+,36-24+;;;;. The Labute approximate surface area is 460 Å². The van der Waals surface area contributed by atoms with Gasteiger partial charge in [0.15, 0.2) is 11.6 Å². The van der Waals surface area contributed by atoms with Crippen LogP contribution in [0.25, 0.3) is 24.3 Å². The summed E-state index contributed by atoms with van der Waals surface area (Å²) in [5.74, 6) is 0.331. The quantitative estimate of drug-likeness (QED) is 0.100. The summed E-state index contributed by atoms with van der Waals surface area (Å²) in [5.41, 5.74) is 4.98. The first-order chi connectivity index (χ1) is 35.9. The molecular formula is C65H86N6O6. The lowest BCUT2D eigenvalue weighted by atomic mass is 9.79. The van der Waals surface area contributed by atoms with Crippen LogP contribution in [-0.4, -0.2) is 173 Å². The number of nitrogens with zero attached hydrogens (tertiary/aromatic N) is 6. The number of ketones is 4. The zero-order valence-corrected chi connectivity index (χ0v) is 45.5. The number of hydrogen-bond acceptors (Lipinski definition) is 10. The minimum Gasteiger partial charge on any atom is -0.325 e. The monoisotopic (exact) mass is 1050 g/mol. The van der Waals surface area contributed by atoms with E-state index in [1.54, 1.807) is 24.3 Å². The molecule has 4 fully saturated rings. The molecule has 0 bridgehead atoms. The van der Waals surface area contributed by atoms with Crippen LogP contribution in [0, 0.1) is 23.7 Å². The van der Waals surface area contributed by atoms with Crippen molar-refractivity contribution >= 4 is 59.3 Å². The van der Waals surface area contributed by atoms with E-state index in [1.165, 1.54) is 16.2 Å². The molecule has 4 aliphatic rings. The molecule has 2 amide bonds. The van der Waals surface area contributed by atoms with E-state index >= 15 is 0 Å². The van der Waals surface area contributed by atoms with Gasteiger partial charge in [-0.3, -0.25) is 28.8 Å². The highest BCUT2D eigenvalue weighted by Gasteiger charge is 2.38. The van der Waals surface area contributed by atoms with E-state index in [4.69, 9.17) is 0 Å². The normalized spacial score (nSPS) is 21.8. The Morgan fingerprint density at radius 3 is 0.831 bits per heavy atom. The molecule has 4 aromatic carbocycles. The summed E-state index contributed by atoms with van der Waals surface area (Å²) < 4.78 is 0. The molecule has 2 saturated carbocycles. The van der Waals surface area contributed by atoms with Crippen LogP contribution in [0.4, 0.5) is 0 Å². The van der Waals surface area contributed by atoms with Crippen molar-refractivity contribution in [2.45, 2.75) is 47.0 Å². The number of likely N-dealkylation sites (tertiary alicyclic amines) is 2. The second kappa shape index (κ2) is 30.9. The molecule has 0 N–H and O–H groups in total. The summed E-state index contributed by atoms with van der Waals surface area (Å²) in [6, 6.07) is 37.7. The first kappa shape index (κ1) is 62.8. The summed E-state index contributed by atoms with van der Waals surface area (Å²) in [7, 11) is 16.3. The van der Waals surface area contributed by atoms with E-state index in [0.717, 1.165) is 74.1 Å². The molecule has 2 saturated heterocycles. The van der Waals surface area contributed by atoms with Crippen LogP contribution in [0.3, 0.4) is 0 Å². The molecular weight excluding hydrogens is 961 g/mol. The Morgan fingerprint density at radius 1 is 0.390 bits per heavy atom. The minimum absolute atomic E-state index is 0. The fourth-order valence-corrected chi connectivity index (χ4v) is 10.4. The van der Waals surface area contributed by atoms with Gasteiger partial charge in [-0.2, -0.15) is 0 Å². The van der Waals surface area contributed by atoms with E-state index < -0.39 is 11.8 Å². The van der Waals surface area contributed by atoms with Crippen molar-refractivity contribution in [3.05, 3.63) is 166 Å². The lowest BCUT2D eigenvalue weighted by molar-refractivity contribution is -0.151. The van der Waals surface area contributed by atoms with Crippen molar-refractivity contribution < 1.29 is 28.8 Å². The molecule has 0 aromatic heterocycles. The highest BCUT2D eigenvalue weighted by molar-refractivity contribution is 6.36. The number of hydrogen-bond donors (Lipinski definition) is 0. The Morgan fingerprint density at radius 2 is 0.610 bits per heavy atom. The van der Waals surface area contributed by atoms with Gasteiger partial charge in [-0.25, -0.2) is 0 Å². The lowest BCUT2D eigenvalue weighted by Crippen LogP contribution is -2.52. The Kier molecular flexibility index (Phi) is 25.2. The second-order valence-electron chi connectivity index (χ2n) is 21.5. The number of carbonyl (C=O) groups is 6. The number of Topliss-reactive ketones (excluding diaryl/α,β-unsaturated/α-hetero) is 4. The largest absolute Gasteiger partial charge is 0.325 e. The zero-order valence-electron chi connectivity index (χ0n) is 45.5. The molecule has 4 atom stereocenters. The molecule has 77 heavy (non-hydrogen) atoms. The van der Waals surface area contributed by atoms with Gasteiger partial charge in [0.2, 0.25) is 0 Å². The second-order valence-corrected chi connectivity index (χ2v) is 21.5. The summed E-state index contributed by atoms with van der Waals surface area (Å²) >= 11 is 0. The molecule has 2 aliphatic carbocycles. The predicted molar refractivity (Wildman–Crippen MR) is 316 cm³/mol. The SMILES string of the molecule is C.C.CN(C)CC1CCC(CN(C)C)C1=O.CN(C)CC1CCCC(CN(C)C)C1=O.O=C1/C(=C/c2ccccc2)CN(C(=O)C(=O)N2C/C(=C\c3ccccc3)C(=O)/C(=C/c3ccccc3)C2)C/C1=C\c1ccccc1. The Hall–Kier alpha value is -6.70. The molecule has 0 radical (unpaired) electrons. The molecule has 4 aromatic rings. The van der Waals surface area contributed by atoms with Gasteiger partial charge in [-0.1, -0.05) is 143 Å². The van der Waals surface area contributed by atoms with E-state index in [0.29, 0.717) is 33.9 Å². The zero-order chi connectivity index (χ0) is 54.0. The maximum atomic E-state index is 14.0. The Bertz CT molecular complexity index is 2390. The summed E-state index contributed by atoms with van der Waals surface area (Å²) in [6.07, 6.45) is 12.6. The van der Waals surface area contributed by atoms with Crippen LogP contribution >= 0.6 is 0 Å². The van der Waals surface area contributed by atoms with Gasteiger partial charge < -0.3 is 29.4 Å². The number of piperidine rings is 2. The van der Waals surface area contributed by atoms with Gasteiger partial charge in [-0.15, -0.1) is 0 Å². The van der Waals surface area contributed by atoms with Crippen LogP contribution in [0.1, 0.15) is 69.2 Å². The maximum Gasteiger partial charge on any atom is 0.312 e. The lowest BCUT2D eigenvalue weighted by Gasteiger charge is -2.33. The van der Waals surface area contributed by atoms with Crippen LogP contribution in [0.15, 0.2) is 144 Å². The average molecular weight is 1050 g/mol. The van der Waals surface area contributed by atoms with Gasteiger partial charge in [0, 0.05) is 72.1 Å². The minimum atomic E-state index is -0.724. The first-order valence-corrected chi connectivity index (χ1v) is 26.3. The smallest absolute Gasteiger partial charge is 0.312 e. The maximum absolute atomic E-state index is 14.0. The van der Waals surface area contributed by atoms with Crippen LogP contribution in [0.5, 0.6) is 0 Å². The van der Waals surface area contributed by atoms with Gasteiger partial charge in [0.25, 0.3) is 0 Å². The van der Waals surface area contributed by atoms with Crippen molar-refractivity contribution in [2.75, 3.05) is 109 Å². The van der Waals surface area contributed by atoms with Gasteiger partial charge in [-0.05, 0) is 129 Å². The number of benzene rings is 4. The highest BCUT2D eigenvalue weighted by atomic mass is 16.2. The highest BCUT2D eigenvalue weighted by Crippen LogP contribution is 2.30. The third kappa shape index (κ3) is 19.1. The average Bonchev–Trinajstić information content (AvgIpc) is 3.71. The molecule has 8 rings (SSSR count). The van der Waals surface area contributed by atoms with E-state index in [1.807, 2.05) is 178 Å². The molecule has 412 valence electrons. The molecule has 2 heterocycles. The van der Waals surface area contributed by atoms with Crippen LogP contribution in [-0.2, 0) is 28.8 Å². The van der Waals surface area contributed by atoms with Crippen LogP contribution in [0.2, 0.25) is 0 Å². The Balaban J connectivity index is 0.000000337.